The van der Waals surface area contributed by atoms with Crippen molar-refractivity contribution in [3.05, 3.63) is 65.0 Å². The largest absolute Gasteiger partial charge is 0.497 e. The molecule has 2 rings (SSSR count). The number of nitrogens with zero attached hydrogens (tertiary/aromatic N) is 1. The first-order valence-corrected chi connectivity index (χ1v) is 8.02. The fourth-order valence-electron chi connectivity index (χ4n) is 2.22. The molecule has 136 valence electrons. The molecule has 2 N–H and O–H groups in total. The summed E-state index contributed by atoms with van der Waals surface area (Å²) in [4.78, 5) is 4.56. The van der Waals surface area contributed by atoms with E-state index >= 15 is 0 Å². The number of rotatable bonds is 6. The quantitative estimate of drug-likeness (QED) is 0.392. The van der Waals surface area contributed by atoms with Gasteiger partial charge in [-0.05, 0) is 48.7 Å². The molecule has 2 aromatic rings. The Morgan fingerprint density at radius 1 is 1.12 bits per heavy atom. The van der Waals surface area contributed by atoms with E-state index in [-0.39, 0.29) is 29.8 Å². The lowest BCUT2D eigenvalue weighted by atomic mass is 10.1. The highest BCUT2D eigenvalue weighted by Crippen LogP contribution is 2.13. The van der Waals surface area contributed by atoms with Crippen LogP contribution < -0.4 is 15.4 Å². The van der Waals surface area contributed by atoms with E-state index in [9.17, 15) is 4.39 Å². The number of nitrogens with one attached hydrogen (secondary N) is 2. The van der Waals surface area contributed by atoms with Crippen molar-refractivity contribution in [1.29, 1.82) is 0 Å². The third-order valence-electron chi connectivity index (χ3n) is 3.59. The minimum Gasteiger partial charge on any atom is -0.497 e. The molecule has 0 fully saturated rings. The van der Waals surface area contributed by atoms with Crippen LogP contribution >= 0.6 is 24.0 Å². The van der Waals surface area contributed by atoms with E-state index in [0.717, 1.165) is 23.4 Å². The average molecular weight is 457 g/mol. The van der Waals surface area contributed by atoms with Gasteiger partial charge in [0.2, 0.25) is 0 Å². The van der Waals surface area contributed by atoms with Gasteiger partial charge in [0.15, 0.2) is 5.96 Å². The van der Waals surface area contributed by atoms with Crippen LogP contribution in [0.25, 0.3) is 0 Å². The predicted molar refractivity (Wildman–Crippen MR) is 111 cm³/mol. The number of aryl methyl sites for hydroxylation is 1. The van der Waals surface area contributed by atoms with Crippen LogP contribution in [0.15, 0.2) is 47.5 Å². The van der Waals surface area contributed by atoms with E-state index in [1.807, 2.05) is 37.3 Å². The van der Waals surface area contributed by atoms with Crippen molar-refractivity contribution in [2.75, 3.05) is 13.7 Å². The number of hydrogen-bond acceptors (Lipinski definition) is 2. The highest BCUT2D eigenvalue weighted by Gasteiger charge is 2.02. The lowest BCUT2D eigenvalue weighted by molar-refractivity contribution is 0.414. The first-order valence-electron chi connectivity index (χ1n) is 8.02. The molecule has 0 heterocycles. The van der Waals surface area contributed by atoms with Gasteiger partial charge in [0.05, 0.1) is 13.7 Å². The topological polar surface area (TPSA) is 45.7 Å². The Morgan fingerprint density at radius 2 is 1.92 bits per heavy atom. The standard InChI is InChI=1S/C19H24FN3O.HI/c1-4-21-19(22-12-15-6-5-7-17(10-15)24-3)23-13-16-9-8-14(2)18(20)11-16;/h5-11H,4,12-13H2,1-3H3,(H2,21,22,23);1H. The lowest BCUT2D eigenvalue weighted by Crippen LogP contribution is -2.36. The van der Waals surface area contributed by atoms with Crippen LogP contribution in [0.3, 0.4) is 0 Å². The van der Waals surface area contributed by atoms with E-state index in [1.165, 1.54) is 0 Å². The van der Waals surface area contributed by atoms with Crippen LogP contribution in [-0.4, -0.2) is 19.6 Å². The maximum atomic E-state index is 13.6. The number of hydrogen-bond donors (Lipinski definition) is 2. The molecule has 0 aliphatic heterocycles. The first-order chi connectivity index (χ1) is 11.6. The maximum absolute atomic E-state index is 13.6. The lowest BCUT2D eigenvalue weighted by Gasteiger charge is -2.12. The van der Waals surface area contributed by atoms with Gasteiger partial charge in [0.1, 0.15) is 11.6 Å². The number of ether oxygens (including phenoxy) is 1. The molecule has 0 radical (unpaired) electrons. The minimum absolute atomic E-state index is 0. The monoisotopic (exact) mass is 457 g/mol. The summed E-state index contributed by atoms with van der Waals surface area (Å²) in [5, 5.41) is 6.42. The van der Waals surface area contributed by atoms with Gasteiger partial charge >= 0.3 is 0 Å². The van der Waals surface area contributed by atoms with Crippen LogP contribution in [0, 0.1) is 12.7 Å². The third-order valence-corrected chi connectivity index (χ3v) is 3.59. The summed E-state index contributed by atoms with van der Waals surface area (Å²) in [5.41, 5.74) is 2.59. The molecular weight excluding hydrogens is 432 g/mol. The second-order valence-electron chi connectivity index (χ2n) is 5.48. The van der Waals surface area contributed by atoms with Gasteiger partial charge in [-0.15, -0.1) is 24.0 Å². The summed E-state index contributed by atoms with van der Waals surface area (Å²) < 4.78 is 18.8. The molecule has 25 heavy (non-hydrogen) atoms. The molecule has 0 aliphatic rings. The molecule has 0 aromatic heterocycles. The Hall–Kier alpha value is -1.83. The molecule has 0 aliphatic carbocycles. The van der Waals surface area contributed by atoms with Crippen molar-refractivity contribution in [3.8, 4) is 5.75 Å². The Balaban J connectivity index is 0.00000312. The number of benzene rings is 2. The van der Waals surface area contributed by atoms with Crippen LogP contribution in [0.4, 0.5) is 4.39 Å². The molecule has 0 spiro atoms. The fraction of sp³-hybridized carbons (Fsp3) is 0.316. The summed E-state index contributed by atoms with van der Waals surface area (Å²) in [7, 11) is 1.65. The van der Waals surface area contributed by atoms with Crippen LogP contribution in [0.2, 0.25) is 0 Å². The third kappa shape index (κ3) is 6.89. The Bertz CT molecular complexity index is 707. The van der Waals surface area contributed by atoms with Crippen LogP contribution in [0.1, 0.15) is 23.6 Å². The molecular formula is C19H25FIN3O. The molecule has 4 nitrogen and oxygen atoms in total. The number of aliphatic imine (C=N–C) groups is 1. The number of methoxy groups -OCH3 is 1. The summed E-state index contributed by atoms with van der Waals surface area (Å²) >= 11 is 0. The first kappa shape index (κ1) is 21.2. The molecule has 0 saturated carbocycles. The SMILES string of the molecule is CCNC(=NCc1cccc(OC)c1)NCc1ccc(C)c(F)c1.I. The van der Waals surface area contributed by atoms with Gasteiger partial charge in [-0.2, -0.15) is 0 Å². The van der Waals surface area contributed by atoms with E-state index in [1.54, 1.807) is 26.2 Å². The summed E-state index contributed by atoms with van der Waals surface area (Å²) in [6.07, 6.45) is 0. The minimum atomic E-state index is -0.187. The van der Waals surface area contributed by atoms with Gasteiger partial charge in [-0.3, -0.25) is 0 Å². The maximum Gasteiger partial charge on any atom is 0.191 e. The van der Waals surface area contributed by atoms with Gasteiger partial charge < -0.3 is 15.4 Å². The van der Waals surface area contributed by atoms with E-state index in [4.69, 9.17) is 4.74 Å². The smallest absolute Gasteiger partial charge is 0.191 e. The molecule has 0 amide bonds. The highest BCUT2D eigenvalue weighted by molar-refractivity contribution is 14.0. The molecule has 0 saturated heterocycles. The van der Waals surface area contributed by atoms with Crippen molar-refractivity contribution >= 4 is 29.9 Å². The second kappa shape index (κ2) is 10.9. The van der Waals surface area contributed by atoms with Crippen molar-refractivity contribution < 1.29 is 9.13 Å². The highest BCUT2D eigenvalue weighted by atomic mass is 127. The number of halogens is 2. The zero-order chi connectivity index (χ0) is 17.4. The van der Waals surface area contributed by atoms with E-state index < -0.39 is 0 Å². The number of guanidine groups is 1. The predicted octanol–water partition coefficient (Wildman–Crippen LogP) is 4.02. The fourth-order valence-corrected chi connectivity index (χ4v) is 2.22. The average Bonchev–Trinajstić information content (AvgIpc) is 2.60. The van der Waals surface area contributed by atoms with Gasteiger partial charge in [-0.25, -0.2) is 9.38 Å². The van der Waals surface area contributed by atoms with Crippen molar-refractivity contribution in [3.63, 3.8) is 0 Å². The summed E-state index contributed by atoms with van der Waals surface area (Å²) in [6.45, 7) is 5.57. The van der Waals surface area contributed by atoms with Crippen molar-refractivity contribution in [1.82, 2.24) is 10.6 Å². The van der Waals surface area contributed by atoms with Gasteiger partial charge in [0.25, 0.3) is 0 Å². The van der Waals surface area contributed by atoms with Gasteiger partial charge in [0, 0.05) is 13.1 Å². The van der Waals surface area contributed by atoms with Crippen LogP contribution in [-0.2, 0) is 13.1 Å². The Kier molecular flexibility index (Phi) is 9.26. The summed E-state index contributed by atoms with van der Waals surface area (Å²) in [5.74, 6) is 1.32. The normalized spacial score (nSPS) is 10.8. The van der Waals surface area contributed by atoms with Crippen molar-refractivity contribution in [2.24, 2.45) is 4.99 Å². The zero-order valence-electron chi connectivity index (χ0n) is 14.8. The van der Waals surface area contributed by atoms with Crippen LogP contribution in [0.5, 0.6) is 5.75 Å². The van der Waals surface area contributed by atoms with Crippen molar-refractivity contribution in [2.45, 2.75) is 26.9 Å². The van der Waals surface area contributed by atoms with E-state index in [2.05, 4.69) is 15.6 Å². The summed E-state index contributed by atoms with van der Waals surface area (Å²) in [6, 6.07) is 13.1. The second-order valence-corrected chi connectivity index (χ2v) is 5.48. The zero-order valence-corrected chi connectivity index (χ0v) is 17.1. The molecule has 0 bridgehead atoms. The molecule has 6 heteroatoms. The van der Waals surface area contributed by atoms with Gasteiger partial charge in [-0.1, -0.05) is 24.3 Å². The molecule has 0 atom stereocenters. The molecule has 0 unspecified atom stereocenters. The molecule has 2 aromatic carbocycles. The Labute approximate surface area is 165 Å². The van der Waals surface area contributed by atoms with E-state index in [0.29, 0.717) is 24.6 Å². The Morgan fingerprint density at radius 3 is 2.60 bits per heavy atom.